The van der Waals surface area contributed by atoms with Crippen LogP contribution in [0.4, 0.5) is 18.9 Å². The number of benzene rings is 3. The van der Waals surface area contributed by atoms with Gasteiger partial charge in [0.25, 0.3) is 15.9 Å². The van der Waals surface area contributed by atoms with Crippen molar-refractivity contribution in [2.45, 2.75) is 18.0 Å². The Kier molecular flexibility index (Phi) is 5.67. The van der Waals surface area contributed by atoms with Crippen molar-refractivity contribution < 1.29 is 26.4 Å². The Bertz CT molecular complexity index is 1480. The first kappa shape index (κ1) is 22.8. The molecule has 0 atom stereocenters. The van der Waals surface area contributed by atoms with Gasteiger partial charge in [0.2, 0.25) is 0 Å². The number of amides is 1. The van der Waals surface area contributed by atoms with Crippen LogP contribution in [-0.4, -0.2) is 23.5 Å². The lowest BCUT2D eigenvalue weighted by Gasteiger charge is -2.11. The fraction of sp³-hybridized carbons (Fsp3) is 0.0909. The van der Waals surface area contributed by atoms with Crippen LogP contribution in [0.3, 0.4) is 0 Å². The molecule has 0 bridgehead atoms. The summed E-state index contributed by atoms with van der Waals surface area (Å²) in [5.41, 5.74) is 0.166. The molecule has 170 valence electrons. The highest BCUT2D eigenvalue weighted by Crippen LogP contribution is 2.32. The van der Waals surface area contributed by atoms with E-state index < -0.39 is 32.6 Å². The third kappa shape index (κ3) is 4.31. The average Bonchev–Trinajstić information content (AvgIpc) is 3.17. The van der Waals surface area contributed by atoms with E-state index in [1.54, 1.807) is 31.2 Å². The van der Waals surface area contributed by atoms with Crippen LogP contribution in [0.25, 0.3) is 10.9 Å². The Morgan fingerprint density at radius 3 is 2.48 bits per heavy atom. The Balaban J connectivity index is 1.74. The van der Waals surface area contributed by atoms with E-state index in [-0.39, 0.29) is 21.8 Å². The van der Waals surface area contributed by atoms with E-state index in [4.69, 9.17) is 11.6 Å². The van der Waals surface area contributed by atoms with Crippen molar-refractivity contribution in [1.82, 2.24) is 9.19 Å². The van der Waals surface area contributed by atoms with Gasteiger partial charge in [0, 0.05) is 11.1 Å². The molecule has 0 aliphatic heterocycles. The Morgan fingerprint density at radius 1 is 1.06 bits per heavy atom. The van der Waals surface area contributed by atoms with Crippen molar-refractivity contribution in [3.05, 3.63) is 88.6 Å². The molecular weight excluding hydrogens is 479 g/mol. The Morgan fingerprint density at radius 2 is 1.79 bits per heavy atom. The van der Waals surface area contributed by atoms with Gasteiger partial charge in [-0.2, -0.15) is 30.8 Å². The first-order valence-corrected chi connectivity index (χ1v) is 11.3. The molecule has 0 radical (unpaired) electrons. The summed E-state index contributed by atoms with van der Waals surface area (Å²) in [6, 6.07) is 12.9. The van der Waals surface area contributed by atoms with Gasteiger partial charge in [0.1, 0.15) is 0 Å². The van der Waals surface area contributed by atoms with Crippen LogP contribution in [-0.2, 0) is 16.2 Å². The smallest absolute Gasteiger partial charge is 0.322 e. The number of hydrogen-bond donors (Lipinski definition) is 1. The van der Waals surface area contributed by atoms with E-state index in [2.05, 4.69) is 10.4 Å². The molecule has 33 heavy (non-hydrogen) atoms. The molecule has 0 saturated heterocycles. The molecule has 3 aromatic carbocycles. The maximum absolute atomic E-state index is 13.1. The molecule has 1 aromatic heterocycles. The number of nitrogens with zero attached hydrogens (tertiary/aromatic N) is 2. The number of fused-ring (bicyclic) bond motifs is 1. The highest BCUT2D eigenvalue weighted by atomic mass is 35.5. The lowest BCUT2D eigenvalue weighted by atomic mass is 10.1. The molecule has 1 amide bonds. The van der Waals surface area contributed by atoms with Crippen molar-refractivity contribution in [2.24, 2.45) is 0 Å². The summed E-state index contributed by atoms with van der Waals surface area (Å²) in [5.74, 6) is -0.496. The van der Waals surface area contributed by atoms with E-state index in [1.807, 2.05) is 0 Å². The van der Waals surface area contributed by atoms with Crippen molar-refractivity contribution in [2.75, 3.05) is 5.32 Å². The quantitative estimate of drug-likeness (QED) is 0.406. The van der Waals surface area contributed by atoms with Crippen LogP contribution in [0, 0.1) is 6.92 Å². The molecule has 0 saturated carbocycles. The summed E-state index contributed by atoms with van der Waals surface area (Å²) < 4.78 is 65.9. The number of aromatic nitrogens is 2. The molecule has 0 aliphatic carbocycles. The molecule has 0 spiro atoms. The van der Waals surface area contributed by atoms with E-state index >= 15 is 0 Å². The lowest BCUT2D eigenvalue weighted by molar-refractivity contribution is -0.137. The maximum Gasteiger partial charge on any atom is 0.416 e. The molecule has 0 aliphatic rings. The largest absolute Gasteiger partial charge is 0.416 e. The van der Waals surface area contributed by atoms with Crippen molar-refractivity contribution in [3.8, 4) is 0 Å². The fourth-order valence-corrected chi connectivity index (χ4v) is 4.93. The number of aryl methyl sites for hydroxylation is 1. The monoisotopic (exact) mass is 493 g/mol. The van der Waals surface area contributed by atoms with Gasteiger partial charge in [0.15, 0.2) is 0 Å². The normalized spacial score (nSPS) is 12.2. The van der Waals surface area contributed by atoms with E-state index in [9.17, 15) is 26.4 Å². The number of alkyl halides is 3. The predicted octanol–water partition coefficient (Wildman–Crippen LogP) is 5.51. The minimum Gasteiger partial charge on any atom is -0.322 e. The number of anilines is 1. The van der Waals surface area contributed by atoms with Gasteiger partial charge in [-0.25, -0.2) is 0 Å². The minimum atomic E-state index is -4.70. The van der Waals surface area contributed by atoms with Gasteiger partial charge in [-0.15, -0.1) is 0 Å². The standard InChI is InChI=1S/C22H15ClF3N3O3S/c1-13-4-2-7-18(23)20(13)21(30)28-16-9-8-14-12-27-29(19(14)11-16)33(31,32)17-6-3-5-15(10-17)22(24,25)26/h2-12H,1H3,(H,28,30). The minimum absolute atomic E-state index is 0.0843. The summed E-state index contributed by atoms with van der Waals surface area (Å²) in [5, 5.41) is 7.19. The van der Waals surface area contributed by atoms with Crippen molar-refractivity contribution >= 4 is 44.1 Å². The third-order valence-electron chi connectivity index (χ3n) is 4.93. The maximum atomic E-state index is 13.1. The van der Waals surface area contributed by atoms with Crippen LogP contribution in [0.1, 0.15) is 21.5 Å². The fourth-order valence-electron chi connectivity index (χ4n) is 3.31. The average molecular weight is 494 g/mol. The first-order valence-electron chi connectivity index (χ1n) is 9.45. The highest BCUT2D eigenvalue weighted by molar-refractivity contribution is 7.90. The molecular formula is C22H15ClF3N3O3S. The summed E-state index contributed by atoms with van der Waals surface area (Å²) in [7, 11) is -4.44. The third-order valence-corrected chi connectivity index (χ3v) is 6.84. The van der Waals surface area contributed by atoms with Gasteiger partial charge in [0.05, 0.1) is 32.8 Å². The number of nitrogens with one attached hydrogen (secondary N) is 1. The topological polar surface area (TPSA) is 81.1 Å². The lowest BCUT2D eigenvalue weighted by Crippen LogP contribution is -2.16. The predicted molar refractivity (Wildman–Crippen MR) is 118 cm³/mol. The van der Waals surface area contributed by atoms with E-state index in [1.165, 1.54) is 18.3 Å². The van der Waals surface area contributed by atoms with Gasteiger partial charge < -0.3 is 5.32 Å². The van der Waals surface area contributed by atoms with E-state index in [0.717, 1.165) is 18.2 Å². The van der Waals surface area contributed by atoms with Crippen LogP contribution in [0.2, 0.25) is 5.02 Å². The Hall–Kier alpha value is -3.37. The number of hydrogen-bond acceptors (Lipinski definition) is 4. The second-order valence-electron chi connectivity index (χ2n) is 7.18. The molecule has 0 fully saturated rings. The second kappa shape index (κ2) is 8.20. The molecule has 11 heteroatoms. The van der Waals surface area contributed by atoms with Crippen LogP contribution >= 0.6 is 11.6 Å². The van der Waals surface area contributed by atoms with Gasteiger partial charge in [-0.05, 0) is 55.0 Å². The zero-order valence-corrected chi connectivity index (χ0v) is 18.5. The van der Waals surface area contributed by atoms with Crippen LogP contribution in [0.5, 0.6) is 0 Å². The molecule has 1 heterocycles. The highest BCUT2D eigenvalue weighted by Gasteiger charge is 2.32. The van der Waals surface area contributed by atoms with Gasteiger partial charge >= 0.3 is 6.18 Å². The molecule has 1 N–H and O–H groups in total. The summed E-state index contributed by atoms with van der Waals surface area (Å²) in [6.45, 7) is 1.72. The Labute approximate surface area is 191 Å². The van der Waals surface area contributed by atoms with Gasteiger partial charge in [-0.3, -0.25) is 4.79 Å². The zero-order valence-electron chi connectivity index (χ0n) is 16.9. The molecule has 4 aromatic rings. The SMILES string of the molecule is Cc1cccc(Cl)c1C(=O)Nc1ccc2cnn(S(=O)(=O)c3cccc(C(F)(F)F)c3)c2c1. The number of carbonyl (C=O) groups excluding carboxylic acids is 1. The molecule has 6 nitrogen and oxygen atoms in total. The van der Waals surface area contributed by atoms with E-state index in [0.29, 0.717) is 21.1 Å². The molecule has 0 unspecified atom stereocenters. The molecule has 4 rings (SSSR count). The number of halogens is 4. The summed E-state index contributed by atoms with van der Waals surface area (Å²) in [6.07, 6.45) is -3.43. The first-order chi connectivity index (χ1) is 15.5. The number of carbonyl (C=O) groups is 1. The van der Waals surface area contributed by atoms with Crippen LogP contribution in [0.15, 0.2) is 71.8 Å². The summed E-state index contributed by atoms with van der Waals surface area (Å²) >= 11 is 6.13. The van der Waals surface area contributed by atoms with Crippen molar-refractivity contribution in [3.63, 3.8) is 0 Å². The second-order valence-corrected chi connectivity index (χ2v) is 9.35. The van der Waals surface area contributed by atoms with Gasteiger partial charge in [-0.1, -0.05) is 29.8 Å². The van der Waals surface area contributed by atoms with Crippen LogP contribution < -0.4 is 5.32 Å². The summed E-state index contributed by atoms with van der Waals surface area (Å²) in [4.78, 5) is 12.2. The zero-order chi connectivity index (χ0) is 24.0. The number of rotatable bonds is 4. The van der Waals surface area contributed by atoms with Crippen molar-refractivity contribution in [1.29, 1.82) is 0 Å².